The Morgan fingerprint density at radius 3 is 2.85 bits per heavy atom. The molecule has 0 saturated carbocycles. The van der Waals surface area contributed by atoms with Crippen LogP contribution in [-0.4, -0.2) is 40.7 Å². The highest BCUT2D eigenvalue weighted by Crippen LogP contribution is 2.34. The molecule has 1 atom stereocenters. The maximum atomic E-state index is 5.70. The lowest BCUT2D eigenvalue weighted by Gasteiger charge is -2.22. The number of ether oxygens (including phenoxy) is 2. The third-order valence-corrected chi connectivity index (χ3v) is 6.66. The molecule has 0 radical (unpaired) electrons. The fourth-order valence-electron chi connectivity index (χ4n) is 5.04. The molecule has 0 amide bonds. The SMILES string of the molecule is COc1ccc2[nH]c3c(c2c1)CC[NH2+]C3c1ccc(OC)c(Cn2nnc3ccccc32)c1. The van der Waals surface area contributed by atoms with E-state index in [0.717, 1.165) is 46.6 Å². The molecule has 7 heteroatoms. The average molecular weight is 441 g/mol. The molecule has 166 valence electrons. The van der Waals surface area contributed by atoms with Crippen molar-refractivity contribution < 1.29 is 14.8 Å². The number of rotatable bonds is 5. The van der Waals surface area contributed by atoms with E-state index in [-0.39, 0.29) is 6.04 Å². The smallest absolute Gasteiger partial charge is 0.153 e. The number of nitrogens with two attached hydrogens (primary N) is 1. The van der Waals surface area contributed by atoms with Gasteiger partial charge in [0.15, 0.2) is 6.04 Å². The monoisotopic (exact) mass is 440 g/mol. The molecule has 3 N–H and O–H groups in total. The second kappa shape index (κ2) is 7.94. The second-order valence-corrected chi connectivity index (χ2v) is 8.49. The van der Waals surface area contributed by atoms with E-state index in [1.807, 2.05) is 35.0 Å². The Kier molecular flexibility index (Phi) is 4.77. The first-order chi connectivity index (χ1) is 16.2. The minimum absolute atomic E-state index is 0.198. The van der Waals surface area contributed by atoms with Gasteiger partial charge in [-0.15, -0.1) is 5.10 Å². The van der Waals surface area contributed by atoms with Crippen molar-refractivity contribution in [2.75, 3.05) is 20.8 Å². The van der Waals surface area contributed by atoms with Crippen LogP contribution < -0.4 is 14.8 Å². The summed E-state index contributed by atoms with van der Waals surface area (Å²) in [5, 5.41) is 12.3. The topological polar surface area (TPSA) is 81.6 Å². The van der Waals surface area contributed by atoms with Gasteiger partial charge in [-0.1, -0.05) is 17.3 Å². The van der Waals surface area contributed by atoms with E-state index in [9.17, 15) is 0 Å². The Hall–Kier alpha value is -3.84. The number of fused-ring (bicyclic) bond motifs is 4. The van der Waals surface area contributed by atoms with Crippen LogP contribution in [0.1, 0.15) is 28.4 Å². The summed E-state index contributed by atoms with van der Waals surface area (Å²) < 4.78 is 13.1. The number of para-hydroxylation sites is 1. The molecule has 0 bridgehead atoms. The van der Waals surface area contributed by atoms with Crippen molar-refractivity contribution in [2.45, 2.75) is 19.0 Å². The summed E-state index contributed by atoms with van der Waals surface area (Å²) in [7, 11) is 3.43. The van der Waals surface area contributed by atoms with Crippen LogP contribution in [0.15, 0.2) is 60.7 Å². The number of quaternary nitrogens is 1. The van der Waals surface area contributed by atoms with Gasteiger partial charge in [-0.2, -0.15) is 0 Å². The lowest BCUT2D eigenvalue weighted by atomic mass is 9.93. The van der Waals surface area contributed by atoms with Crippen molar-refractivity contribution in [3.63, 3.8) is 0 Å². The van der Waals surface area contributed by atoms with Gasteiger partial charge in [0.25, 0.3) is 0 Å². The zero-order valence-corrected chi connectivity index (χ0v) is 18.7. The predicted octanol–water partition coefficient (Wildman–Crippen LogP) is 3.19. The van der Waals surface area contributed by atoms with Gasteiger partial charge in [0.05, 0.1) is 38.5 Å². The van der Waals surface area contributed by atoms with Crippen molar-refractivity contribution >= 4 is 21.9 Å². The zero-order valence-electron chi connectivity index (χ0n) is 18.7. The first-order valence-electron chi connectivity index (χ1n) is 11.2. The number of hydrogen-bond donors (Lipinski definition) is 2. The summed E-state index contributed by atoms with van der Waals surface area (Å²) in [6.07, 6.45) is 1.03. The first-order valence-corrected chi connectivity index (χ1v) is 11.2. The first kappa shape index (κ1) is 19.8. The molecular weight excluding hydrogens is 414 g/mol. The summed E-state index contributed by atoms with van der Waals surface area (Å²) in [4.78, 5) is 3.69. The van der Waals surface area contributed by atoms with Crippen molar-refractivity contribution in [3.05, 3.63) is 83.0 Å². The molecular formula is C26H26N5O2+. The molecule has 0 fully saturated rings. The Balaban J connectivity index is 1.41. The van der Waals surface area contributed by atoms with E-state index < -0.39 is 0 Å². The summed E-state index contributed by atoms with van der Waals surface area (Å²) >= 11 is 0. The van der Waals surface area contributed by atoms with E-state index in [1.54, 1.807) is 14.2 Å². The van der Waals surface area contributed by atoms with Gasteiger partial charge in [-0.25, -0.2) is 4.68 Å². The Morgan fingerprint density at radius 1 is 1.06 bits per heavy atom. The third kappa shape index (κ3) is 3.32. The van der Waals surface area contributed by atoms with E-state index >= 15 is 0 Å². The highest BCUT2D eigenvalue weighted by Gasteiger charge is 2.29. The average Bonchev–Trinajstić information content (AvgIpc) is 3.45. The van der Waals surface area contributed by atoms with Crippen LogP contribution >= 0.6 is 0 Å². The van der Waals surface area contributed by atoms with Gasteiger partial charge < -0.3 is 19.8 Å². The van der Waals surface area contributed by atoms with Crippen molar-refractivity contribution in [1.29, 1.82) is 0 Å². The molecule has 2 aromatic heterocycles. The fourth-order valence-corrected chi connectivity index (χ4v) is 5.04. The highest BCUT2D eigenvalue weighted by molar-refractivity contribution is 5.86. The number of hydrogen-bond acceptors (Lipinski definition) is 4. The van der Waals surface area contributed by atoms with Gasteiger partial charge in [-0.3, -0.25) is 0 Å². The number of nitrogens with zero attached hydrogens (tertiary/aromatic N) is 3. The number of H-pyrrole nitrogens is 1. The van der Waals surface area contributed by atoms with Crippen LogP contribution in [0.5, 0.6) is 11.5 Å². The molecule has 3 aromatic carbocycles. The Bertz CT molecular complexity index is 1470. The summed E-state index contributed by atoms with van der Waals surface area (Å²) in [5.74, 6) is 1.75. The number of nitrogens with one attached hydrogen (secondary N) is 1. The molecule has 7 nitrogen and oxygen atoms in total. The zero-order chi connectivity index (χ0) is 22.4. The standard InChI is InChI=1S/C26H25N5O2/c1-32-18-8-9-21-20(14-18)19-11-12-27-25(26(19)28-21)16-7-10-24(33-2)17(13-16)15-31-23-6-4-3-5-22(23)29-30-31/h3-10,13-14,25,27-28H,11-12,15H2,1-2H3/p+1. The summed E-state index contributed by atoms with van der Waals surface area (Å²) in [6.45, 7) is 1.64. The lowest BCUT2D eigenvalue weighted by molar-refractivity contribution is -0.690. The third-order valence-electron chi connectivity index (χ3n) is 6.66. The van der Waals surface area contributed by atoms with E-state index in [2.05, 4.69) is 50.9 Å². The van der Waals surface area contributed by atoms with E-state index in [4.69, 9.17) is 9.47 Å². The summed E-state index contributed by atoms with van der Waals surface area (Å²) in [6, 6.07) is 21.0. The van der Waals surface area contributed by atoms with Crippen LogP contribution in [-0.2, 0) is 13.0 Å². The van der Waals surface area contributed by atoms with Crippen LogP contribution in [0.2, 0.25) is 0 Å². The largest absolute Gasteiger partial charge is 0.497 e. The lowest BCUT2D eigenvalue weighted by Crippen LogP contribution is -2.87. The number of methoxy groups -OCH3 is 2. The van der Waals surface area contributed by atoms with Crippen LogP contribution in [0.3, 0.4) is 0 Å². The number of aromatic nitrogens is 4. The van der Waals surface area contributed by atoms with Gasteiger partial charge in [0.2, 0.25) is 0 Å². The molecule has 3 heterocycles. The van der Waals surface area contributed by atoms with E-state index in [0.29, 0.717) is 6.54 Å². The van der Waals surface area contributed by atoms with Crippen LogP contribution in [0, 0.1) is 0 Å². The summed E-state index contributed by atoms with van der Waals surface area (Å²) in [5.41, 5.74) is 8.05. The van der Waals surface area contributed by atoms with Gasteiger partial charge in [-0.05, 0) is 54.1 Å². The van der Waals surface area contributed by atoms with Crippen molar-refractivity contribution in [1.82, 2.24) is 20.0 Å². The molecule has 33 heavy (non-hydrogen) atoms. The van der Waals surface area contributed by atoms with Gasteiger partial charge in [0.1, 0.15) is 17.0 Å². The predicted molar refractivity (Wildman–Crippen MR) is 127 cm³/mol. The molecule has 1 unspecified atom stereocenters. The molecule has 0 spiro atoms. The molecule has 1 aliphatic heterocycles. The second-order valence-electron chi connectivity index (χ2n) is 8.49. The maximum absolute atomic E-state index is 5.70. The number of aromatic amines is 1. The van der Waals surface area contributed by atoms with Gasteiger partial charge in [0, 0.05) is 28.5 Å². The van der Waals surface area contributed by atoms with Crippen LogP contribution in [0.25, 0.3) is 21.9 Å². The minimum Gasteiger partial charge on any atom is -0.497 e. The maximum Gasteiger partial charge on any atom is 0.153 e. The highest BCUT2D eigenvalue weighted by atomic mass is 16.5. The molecule has 1 aliphatic rings. The van der Waals surface area contributed by atoms with E-state index in [1.165, 1.54) is 22.2 Å². The molecule has 0 saturated heterocycles. The number of benzene rings is 3. The fraction of sp³-hybridized carbons (Fsp3) is 0.231. The molecule has 5 aromatic rings. The Labute approximate surface area is 191 Å². The molecule has 0 aliphatic carbocycles. The molecule has 6 rings (SSSR count). The quantitative estimate of drug-likeness (QED) is 0.440. The Morgan fingerprint density at radius 2 is 1.97 bits per heavy atom. The van der Waals surface area contributed by atoms with Crippen LogP contribution in [0.4, 0.5) is 0 Å². The van der Waals surface area contributed by atoms with Crippen molar-refractivity contribution in [3.8, 4) is 11.5 Å². The normalized spacial score (nSPS) is 15.6. The minimum atomic E-state index is 0.198. The van der Waals surface area contributed by atoms with Crippen molar-refractivity contribution in [2.24, 2.45) is 0 Å². The van der Waals surface area contributed by atoms with Gasteiger partial charge >= 0.3 is 0 Å².